The quantitative estimate of drug-likeness (QED) is 0.364. The van der Waals surface area contributed by atoms with E-state index in [2.05, 4.69) is 15.7 Å². The smallest absolute Gasteiger partial charge is 0.342 e. The molecule has 16 heavy (non-hydrogen) atoms. The molecule has 0 saturated carbocycles. The van der Waals surface area contributed by atoms with Crippen molar-refractivity contribution in [2.45, 2.75) is 0 Å². The number of aromatic amines is 2. The van der Waals surface area contributed by atoms with Gasteiger partial charge in [-0.3, -0.25) is 14.6 Å². The number of carbonyl (C=O) groups is 1. The molecule has 0 radical (unpaired) electrons. The second kappa shape index (κ2) is 5.66. The zero-order chi connectivity index (χ0) is 12.0. The molecule has 1 heterocycles. The van der Waals surface area contributed by atoms with Crippen molar-refractivity contribution in [1.29, 1.82) is 0 Å². The Morgan fingerprint density at radius 2 is 2.19 bits per heavy atom. The molecule has 0 atom stereocenters. The van der Waals surface area contributed by atoms with Gasteiger partial charge in [-0.05, 0) is 0 Å². The standard InChI is InChI=1S/C7H11N5O4/c13-2-1-8-4(14)3-9-5-6(15)10-7(16)12-11-5/h13H,1-3H2,(H,8,14)(H,9,11)(H2,10,12,15,16). The molecule has 88 valence electrons. The van der Waals surface area contributed by atoms with E-state index in [0.29, 0.717) is 0 Å². The molecule has 0 fully saturated rings. The highest BCUT2D eigenvalue weighted by atomic mass is 16.3. The van der Waals surface area contributed by atoms with Crippen LogP contribution >= 0.6 is 0 Å². The summed E-state index contributed by atoms with van der Waals surface area (Å²) >= 11 is 0. The molecule has 0 aromatic carbocycles. The second-order valence-electron chi connectivity index (χ2n) is 2.78. The average Bonchev–Trinajstić information content (AvgIpc) is 2.25. The molecule has 0 unspecified atom stereocenters. The number of aliphatic hydroxyl groups excluding tert-OH is 1. The lowest BCUT2D eigenvalue weighted by atomic mass is 10.5. The Morgan fingerprint density at radius 3 is 2.81 bits per heavy atom. The van der Waals surface area contributed by atoms with E-state index < -0.39 is 17.2 Å². The van der Waals surface area contributed by atoms with Crippen LogP contribution in [0.25, 0.3) is 0 Å². The van der Waals surface area contributed by atoms with Crippen LogP contribution in [0.2, 0.25) is 0 Å². The molecule has 1 amide bonds. The maximum absolute atomic E-state index is 11.1. The molecule has 1 aromatic rings. The van der Waals surface area contributed by atoms with E-state index in [1.807, 2.05) is 10.1 Å². The van der Waals surface area contributed by atoms with Gasteiger partial charge in [0, 0.05) is 6.54 Å². The summed E-state index contributed by atoms with van der Waals surface area (Å²) in [4.78, 5) is 34.7. The van der Waals surface area contributed by atoms with Gasteiger partial charge in [0.25, 0.3) is 5.56 Å². The van der Waals surface area contributed by atoms with Crippen molar-refractivity contribution in [3.8, 4) is 0 Å². The van der Waals surface area contributed by atoms with Gasteiger partial charge in [0.1, 0.15) is 0 Å². The molecule has 1 aromatic heterocycles. The lowest BCUT2D eigenvalue weighted by molar-refractivity contribution is -0.119. The minimum Gasteiger partial charge on any atom is -0.395 e. The van der Waals surface area contributed by atoms with Crippen LogP contribution in [0.5, 0.6) is 0 Å². The first-order valence-corrected chi connectivity index (χ1v) is 4.44. The first-order valence-electron chi connectivity index (χ1n) is 4.44. The van der Waals surface area contributed by atoms with Crippen molar-refractivity contribution < 1.29 is 9.90 Å². The van der Waals surface area contributed by atoms with Crippen LogP contribution < -0.4 is 21.9 Å². The Kier molecular flexibility index (Phi) is 4.21. The molecule has 1 rings (SSSR count). The second-order valence-corrected chi connectivity index (χ2v) is 2.78. The van der Waals surface area contributed by atoms with Gasteiger partial charge in [-0.1, -0.05) is 0 Å². The lowest BCUT2D eigenvalue weighted by Gasteiger charge is -2.04. The topological polar surface area (TPSA) is 140 Å². The van der Waals surface area contributed by atoms with E-state index >= 15 is 0 Å². The third-order valence-electron chi connectivity index (χ3n) is 1.56. The van der Waals surface area contributed by atoms with E-state index in [9.17, 15) is 14.4 Å². The SMILES string of the molecule is O=C(CNc1n[nH]c(=O)[nH]c1=O)NCCO. The molecule has 0 spiro atoms. The summed E-state index contributed by atoms with van der Waals surface area (Å²) in [6.07, 6.45) is 0. The zero-order valence-corrected chi connectivity index (χ0v) is 8.24. The van der Waals surface area contributed by atoms with Crippen molar-refractivity contribution in [3.63, 3.8) is 0 Å². The molecule has 9 heteroatoms. The Balaban J connectivity index is 2.52. The highest BCUT2D eigenvalue weighted by molar-refractivity contribution is 5.80. The predicted molar refractivity (Wildman–Crippen MR) is 54.1 cm³/mol. The molecule has 0 aliphatic carbocycles. The van der Waals surface area contributed by atoms with Gasteiger partial charge < -0.3 is 15.7 Å². The molecular weight excluding hydrogens is 218 g/mol. The first-order chi connectivity index (χ1) is 7.63. The molecule has 0 bridgehead atoms. The number of carbonyl (C=O) groups excluding carboxylic acids is 1. The van der Waals surface area contributed by atoms with Gasteiger partial charge in [-0.15, -0.1) is 5.10 Å². The Hall–Kier alpha value is -2.16. The van der Waals surface area contributed by atoms with Gasteiger partial charge in [0.2, 0.25) is 11.7 Å². The van der Waals surface area contributed by atoms with Crippen LogP contribution in [0.15, 0.2) is 9.59 Å². The molecule has 0 saturated heterocycles. The number of rotatable bonds is 5. The van der Waals surface area contributed by atoms with E-state index in [-0.39, 0.29) is 25.5 Å². The number of hydrogen-bond acceptors (Lipinski definition) is 6. The third-order valence-corrected chi connectivity index (χ3v) is 1.56. The van der Waals surface area contributed by atoms with Crippen LogP contribution in [0, 0.1) is 0 Å². The lowest BCUT2D eigenvalue weighted by Crippen LogP contribution is -2.34. The van der Waals surface area contributed by atoms with Crippen molar-refractivity contribution in [2.75, 3.05) is 25.0 Å². The summed E-state index contributed by atoms with van der Waals surface area (Å²) in [5.41, 5.74) is -1.43. The highest BCUT2D eigenvalue weighted by Crippen LogP contribution is 1.84. The van der Waals surface area contributed by atoms with Gasteiger partial charge >= 0.3 is 5.69 Å². The monoisotopic (exact) mass is 229 g/mol. The number of anilines is 1. The molecule has 0 aliphatic rings. The number of hydrogen-bond donors (Lipinski definition) is 5. The number of aliphatic hydroxyl groups is 1. The van der Waals surface area contributed by atoms with E-state index in [1.54, 1.807) is 0 Å². The fraction of sp³-hybridized carbons (Fsp3) is 0.429. The molecule has 5 N–H and O–H groups in total. The van der Waals surface area contributed by atoms with Crippen LogP contribution in [0.1, 0.15) is 0 Å². The highest BCUT2D eigenvalue weighted by Gasteiger charge is 2.04. The predicted octanol–water partition coefficient (Wildman–Crippen LogP) is -3.02. The van der Waals surface area contributed by atoms with E-state index in [4.69, 9.17) is 5.11 Å². The third kappa shape index (κ3) is 3.53. The van der Waals surface area contributed by atoms with Crippen molar-refractivity contribution in [1.82, 2.24) is 20.5 Å². The first kappa shape index (κ1) is 11.9. The van der Waals surface area contributed by atoms with Gasteiger partial charge in [0.05, 0.1) is 13.2 Å². The number of aromatic nitrogens is 3. The summed E-state index contributed by atoms with van der Waals surface area (Å²) in [5, 5.41) is 18.7. The number of H-pyrrole nitrogens is 2. The summed E-state index contributed by atoms with van der Waals surface area (Å²) in [7, 11) is 0. The van der Waals surface area contributed by atoms with Crippen LogP contribution in [-0.2, 0) is 4.79 Å². The minimum atomic E-state index is -0.722. The summed E-state index contributed by atoms with van der Waals surface area (Å²) < 4.78 is 0. The van der Waals surface area contributed by atoms with Crippen molar-refractivity contribution >= 4 is 11.7 Å². The minimum absolute atomic E-state index is 0.135. The Labute approximate surface area is 88.9 Å². The number of nitrogens with one attached hydrogen (secondary N) is 4. The van der Waals surface area contributed by atoms with Crippen LogP contribution in [0.3, 0.4) is 0 Å². The number of nitrogens with zero attached hydrogens (tertiary/aromatic N) is 1. The largest absolute Gasteiger partial charge is 0.395 e. The van der Waals surface area contributed by atoms with Gasteiger partial charge in [0.15, 0.2) is 0 Å². The number of amides is 1. The van der Waals surface area contributed by atoms with Gasteiger partial charge in [-0.2, -0.15) is 0 Å². The van der Waals surface area contributed by atoms with E-state index in [0.717, 1.165) is 0 Å². The van der Waals surface area contributed by atoms with Crippen molar-refractivity contribution in [2.24, 2.45) is 0 Å². The molecular formula is C7H11N5O4. The van der Waals surface area contributed by atoms with Crippen LogP contribution in [-0.4, -0.2) is 45.9 Å². The summed E-state index contributed by atoms with van der Waals surface area (Å²) in [6, 6.07) is 0. The average molecular weight is 229 g/mol. The fourth-order valence-electron chi connectivity index (χ4n) is 0.889. The Morgan fingerprint density at radius 1 is 1.44 bits per heavy atom. The van der Waals surface area contributed by atoms with Crippen LogP contribution in [0.4, 0.5) is 5.82 Å². The fourth-order valence-corrected chi connectivity index (χ4v) is 0.889. The maximum atomic E-state index is 11.1. The summed E-state index contributed by atoms with van der Waals surface area (Å²) in [5.74, 6) is -0.555. The Bertz CT molecular complexity index is 464. The zero-order valence-electron chi connectivity index (χ0n) is 8.24. The summed E-state index contributed by atoms with van der Waals surface area (Å²) in [6.45, 7) is -0.207. The maximum Gasteiger partial charge on any atom is 0.342 e. The van der Waals surface area contributed by atoms with E-state index in [1.165, 1.54) is 0 Å². The molecule has 9 nitrogen and oxygen atoms in total. The normalized spacial score (nSPS) is 9.81. The molecule has 0 aliphatic heterocycles. The van der Waals surface area contributed by atoms with Crippen molar-refractivity contribution in [3.05, 3.63) is 20.8 Å². The van der Waals surface area contributed by atoms with Gasteiger partial charge in [-0.25, -0.2) is 9.89 Å².